The monoisotopic (exact) mass is 616 g/mol. The largest absolute Gasteiger partial charge is 0.494 e. The lowest BCUT2D eigenvalue weighted by atomic mass is 9.96. The number of hydrogen-bond acceptors (Lipinski definition) is 5. The van der Waals surface area contributed by atoms with E-state index in [4.69, 9.17) is 26.3 Å². The first kappa shape index (κ1) is 29.1. The number of fused-ring (bicyclic) bond motifs is 4. The molecule has 6 heteroatoms. The molecule has 0 spiro atoms. The van der Waals surface area contributed by atoms with Crippen molar-refractivity contribution in [2.45, 2.75) is 6.92 Å². The van der Waals surface area contributed by atoms with Crippen molar-refractivity contribution in [2.75, 3.05) is 7.11 Å². The van der Waals surface area contributed by atoms with Gasteiger partial charge in [0.25, 0.3) is 0 Å². The summed E-state index contributed by atoms with van der Waals surface area (Å²) in [6, 6.07) is 40.8. The highest BCUT2D eigenvalue weighted by atomic mass is 35.5. The molecule has 0 amide bonds. The number of ether oxygens (including phenoxy) is 1. The van der Waals surface area contributed by atoms with E-state index in [1.807, 2.05) is 79.7 Å². The van der Waals surface area contributed by atoms with Crippen molar-refractivity contribution >= 4 is 55.5 Å². The van der Waals surface area contributed by atoms with Crippen LogP contribution in [0.1, 0.15) is 18.1 Å². The topological polar surface area (TPSA) is 60.3 Å². The molecule has 222 valence electrons. The molecule has 46 heavy (non-hydrogen) atoms. The molecular formula is C40H29ClN4O. The highest BCUT2D eigenvalue weighted by molar-refractivity contribution is 6.31. The van der Waals surface area contributed by atoms with Gasteiger partial charge in [0, 0.05) is 39.2 Å². The smallest absolute Gasteiger partial charge is 0.160 e. The molecular weight excluding hydrogens is 588 g/mol. The molecule has 0 aliphatic heterocycles. The highest BCUT2D eigenvalue weighted by Crippen LogP contribution is 2.36. The summed E-state index contributed by atoms with van der Waals surface area (Å²) in [7, 11) is 1.65. The Balaban J connectivity index is 1.47. The van der Waals surface area contributed by atoms with E-state index in [-0.39, 0.29) is 5.16 Å². The van der Waals surface area contributed by atoms with Crippen LogP contribution in [0.15, 0.2) is 150 Å². The predicted molar refractivity (Wildman–Crippen MR) is 191 cm³/mol. The van der Waals surface area contributed by atoms with Gasteiger partial charge >= 0.3 is 0 Å². The van der Waals surface area contributed by atoms with Crippen LogP contribution in [-0.2, 0) is 4.74 Å². The Hall–Kier alpha value is -5.65. The van der Waals surface area contributed by atoms with Crippen LogP contribution < -0.4 is 0 Å². The van der Waals surface area contributed by atoms with E-state index < -0.39 is 0 Å². The van der Waals surface area contributed by atoms with Crippen LogP contribution in [0.25, 0.3) is 60.8 Å². The number of rotatable bonds is 7. The summed E-state index contributed by atoms with van der Waals surface area (Å²) in [6.07, 6.45) is 1.80. The normalized spacial score (nSPS) is 12.4. The second-order valence-electron chi connectivity index (χ2n) is 10.9. The Morgan fingerprint density at radius 3 is 2.30 bits per heavy atom. The predicted octanol–water partition coefficient (Wildman–Crippen LogP) is 10.2. The quantitative estimate of drug-likeness (QED) is 0.0773. The van der Waals surface area contributed by atoms with Crippen molar-refractivity contribution in [3.63, 3.8) is 0 Å². The van der Waals surface area contributed by atoms with E-state index in [2.05, 4.69) is 65.1 Å². The zero-order chi connectivity index (χ0) is 31.6. The molecule has 0 bridgehead atoms. The number of pyridine rings is 1. The standard InChI is InChI=1S/C40H29ClN4O/c1-25(27-11-5-4-6-12-27)39(46-3)38(43-26(2)41)31-15-9-14-30(24-31)37-36-33-17-8-7-13-28(33)18-21-35(36)44-40(45-37)32-19-20-34-29(23-32)16-10-22-42-34/h4-24H,2H2,1,3H3/b39-25-,43-38-. The third-order valence-electron chi connectivity index (χ3n) is 8.06. The first-order valence-corrected chi connectivity index (χ1v) is 15.3. The number of halogens is 1. The zero-order valence-electron chi connectivity index (χ0n) is 25.4. The van der Waals surface area contributed by atoms with Crippen LogP contribution in [0.4, 0.5) is 0 Å². The molecule has 7 rings (SSSR count). The maximum atomic E-state index is 6.32. The molecule has 0 saturated carbocycles. The Kier molecular flexibility index (Phi) is 7.83. The lowest BCUT2D eigenvalue weighted by Crippen LogP contribution is -2.10. The van der Waals surface area contributed by atoms with E-state index >= 15 is 0 Å². The van der Waals surface area contributed by atoms with Gasteiger partial charge in [-0.2, -0.15) is 0 Å². The number of benzene rings is 5. The minimum absolute atomic E-state index is 0.155. The second kappa shape index (κ2) is 12.4. The van der Waals surface area contributed by atoms with Gasteiger partial charge < -0.3 is 4.74 Å². The van der Waals surface area contributed by atoms with Crippen molar-refractivity contribution in [1.82, 2.24) is 15.0 Å². The summed E-state index contributed by atoms with van der Waals surface area (Å²) in [4.78, 5) is 19.5. The van der Waals surface area contributed by atoms with Gasteiger partial charge in [-0.25, -0.2) is 15.0 Å². The summed E-state index contributed by atoms with van der Waals surface area (Å²) in [5, 5.41) is 4.35. The Morgan fingerprint density at radius 1 is 0.717 bits per heavy atom. The molecule has 0 aliphatic rings. The van der Waals surface area contributed by atoms with E-state index in [0.717, 1.165) is 66.1 Å². The van der Waals surface area contributed by atoms with Crippen LogP contribution in [0.2, 0.25) is 0 Å². The number of aliphatic imine (C=N–C) groups is 1. The van der Waals surface area contributed by atoms with E-state index in [0.29, 0.717) is 17.3 Å². The van der Waals surface area contributed by atoms with E-state index in [1.54, 1.807) is 13.3 Å². The molecule has 0 saturated heterocycles. The fourth-order valence-electron chi connectivity index (χ4n) is 5.88. The maximum absolute atomic E-state index is 6.32. The lowest BCUT2D eigenvalue weighted by Gasteiger charge is -2.16. The molecule has 0 atom stereocenters. The minimum Gasteiger partial charge on any atom is -0.494 e. The first-order valence-electron chi connectivity index (χ1n) is 14.9. The number of methoxy groups -OCH3 is 1. The summed E-state index contributed by atoms with van der Waals surface area (Å²) in [5.41, 5.74) is 7.76. The Bertz CT molecular complexity index is 2340. The molecule has 2 aromatic heterocycles. The molecule has 7 aromatic rings. The maximum Gasteiger partial charge on any atom is 0.160 e. The Labute approximate surface area is 272 Å². The third-order valence-corrected chi connectivity index (χ3v) is 8.14. The molecule has 0 aliphatic carbocycles. The van der Waals surface area contributed by atoms with Gasteiger partial charge in [-0.05, 0) is 59.7 Å². The molecule has 0 fully saturated rings. The van der Waals surface area contributed by atoms with Crippen molar-refractivity contribution in [2.24, 2.45) is 4.99 Å². The minimum atomic E-state index is 0.155. The lowest BCUT2D eigenvalue weighted by molar-refractivity contribution is 0.317. The Morgan fingerprint density at radius 2 is 1.48 bits per heavy atom. The van der Waals surface area contributed by atoms with Crippen molar-refractivity contribution in [3.8, 4) is 22.6 Å². The van der Waals surface area contributed by atoms with Crippen molar-refractivity contribution < 1.29 is 4.74 Å². The van der Waals surface area contributed by atoms with Gasteiger partial charge in [0.15, 0.2) is 5.82 Å². The van der Waals surface area contributed by atoms with Crippen LogP contribution in [0.3, 0.4) is 0 Å². The van der Waals surface area contributed by atoms with Gasteiger partial charge in [-0.1, -0.05) is 103 Å². The van der Waals surface area contributed by atoms with E-state index in [1.165, 1.54) is 0 Å². The van der Waals surface area contributed by atoms with Gasteiger partial charge in [0.1, 0.15) is 16.6 Å². The van der Waals surface area contributed by atoms with Gasteiger partial charge in [-0.3, -0.25) is 4.98 Å². The second-order valence-corrected chi connectivity index (χ2v) is 11.4. The van der Waals surface area contributed by atoms with Crippen molar-refractivity contribution in [3.05, 3.63) is 156 Å². The molecule has 0 radical (unpaired) electrons. The highest BCUT2D eigenvalue weighted by Gasteiger charge is 2.19. The summed E-state index contributed by atoms with van der Waals surface area (Å²) >= 11 is 6.32. The number of hydrogen-bond donors (Lipinski definition) is 0. The van der Waals surface area contributed by atoms with Crippen LogP contribution in [0.5, 0.6) is 0 Å². The third kappa shape index (κ3) is 5.53. The summed E-state index contributed by atoms with van der Waals surface area (Å²) < 4.78 is 5.99. The summed E-state index contributed by atoms with van der Waals surface area (Å²) in [5.74, 6) is 1.24. The van der Waals surface area contributed by atoms with Crippen LogP contribution in [-0.4, -0.2) is 27.8 Å². The fourth-order valence-corrected chi connectivity index (χ4v) is 5.97. The van der Waals surface area contributed by atoms with Gasteiger partial charge in [0.05, 0.1) is 23.8 Å². The molecule has 2 heterocycles. The van der Waals surface area contributed by atoms with Gasteiger partial charge in [-0.15, -0.1) is 0 Å². The van der Waals surface area contributed by atoms with Crippen LogP contribution >= 0.6 is 11.6 Å². The molecule has 0 unspecified atom stereocenters. The average Bonchev–Trinajstić information content (AvgIpc) is 3.11. The fraction of sp³-hybridized carbons (Fsp3) is 0.0500. The average molecular weight is 617 g/mol. The molecule has 5 aromatic carbocycles. The molecule has 0 N–H and O–H groups in total. The zero-order valence-corrected chi connectivity index (χ0v) is 26.2. The first-order chi connectivity index (χ1) is 22.5. The molecule has 5 nitrogen and oxygen atoms in total. The number of aromatic nitrogens is 3. The number of nitrogens with zero attached hydrogens (tertiary/aromatic N) is 4. The van der Waals surface area contributed by atoms with Crippen molar-refractivity contribution in [1.29, 1.82) is 0 Å². The van der Waals surface area contributed by atoms with Crippen LogP contribution in [0, 0.1) is 0 Å². The van der Waals surface area contributed by atoms with Gasteiger partial charge in [0.2, 0.25) is 0 Å². The summed E-state index contributed by atoms with van der Waals surface area (Å²) in [6.45, 7) is 5.88. The number of allylic oxidation sites excluding steroid dienone is 2. The van der Waals surface area contributed by atoms with E-state index in [9.17, 15) is 0 Å². The SMILES string of the molecule is C=C(Cl)/N=C(\C(OC)=C(/C)c1ccccc1)c1cccc(-c2nc(-c3ccc4ncccc4c3)nc3ccc4ccccc4c23)c1.